The number of anilines is 1. The Morgan fingerprint density at radius 1 is 1.40 bits per heavy atom. The summed E-state index contributed by atoms with van der Waals surface area (Å²) in [5.74, 6) is -0.262. The summed E-state index contributed by atoms with van der Waals surface area (Å²) < 4.78 is 6.84. The van der Waals surface area contributed by atoms with Crippen LogP contribution in [0.5, 0.6) is 5.75 Å². The summed E-state index contributed by atoms with van der Waals surface area (Å²) in [6.07, 6.45) is 0. The molecule has 1 aromatic heterocycles. The highest BCUT2D eigenvalue weighted by Gasteiger charge is 2.23. The van der Waals surface area contributed by atoms with Crippen molar-refractivity contribution in [1.82, 2.24) is 0 Å². The van der Waals surface area contributed by atoms with E-state index in [0.717, 1.165) is 8.26 Å². The van der Waals surface area contributed by atoms with Crippen LogP contribution in [0.25, 0.3) is 0 Å². The number of benzene rings is 1. The standard InChI is InChI=1S/C13H11Br2NO3S/c1-19-8-4-2-3-7(5-8)16-11(13(17)18)10-6-9(14)12(15)20-10/h2-6,11,16H,1H3,(H,17,18). The predicted molar refractivity (Wildman–Crippen MR) is 86.7 cm³/mol. The van der Waals surface area contributed by atoms with E-state index in [9.17, 15) is 9.90 Å². The van der Waals surface area contributed by atoms with Crippen LogP contribution in [0.4, 0.5) is 5.69 Å². The van der Waals surface area contributed by atoms with Crippen LogP contribution in [0.1, 0.15) is 10.9 Å². The maximum Gasteiger partial charge on any atom is 0.331 e. The molecule has 1 aromatic carbocycles. The first-order valence-electron chi connectivity index (χ1n) is 5.59. The van der Waals surface area contributed by atoms with E-state index in [1.54, 1.807) is 37.4 Å². The third-order valence-corrected chi connectivity index (χ3v) is 5.90. The number of carboxylic acid groups (broad SMARTS) is 1. The maximum absolute atomic E-state index is 11.5. The third kappa shape index (κ3) is 3.53. The van der Waals surface area contributed by atoms with E-state index in [4.69, 9.17) is 4.74 Å². The SMILES string of the molecule is COc1cccc(NC(C(=O)O)c2cc(Br)c(Br)s2)c1. The molecule has 1 atom stereocenters. The number of carboxylic acids is 1. The van der Waals surface area contributed by atoms with Crippen LogP contribution in [0, 0.1) is 0 Å². The van der Waals surface area contributed by atoms with Crippen molar-refractivity contribution in [2.24, 2.45) is 0 Å². The minimum atomic E-state index is -0.936. The highest BCUT2D eigenvalue weighted by Crippen LogP contribution is 2.36. The van der Waals surface area contributed by atoms with Crippen LogP contribution >= 0.6 is 43.2 Å². The molecular formula is C13H11Br2NO3S. The predicted octanol–water partition coefficient (Wildman–Crippen LogP) is 4.52. The van der Waals surface area contributed by atoms with Crippen LogP contribution in [-0.4, -0.2) is 18.2 Å². The van der Waals surface area contributed by atoms with E-state index in [2.05, 4.69) is 37.2 Å². The first-order chi connectivity index (χ1) is 9.51. The molecule has 0 saturated heterocycles. The summed E-state index contributed by atoms with van der Waals surface area (Å²) in [4.78, 5) is 12.2. The van der Waals surface area contributed by atoms with Crippen molar-refractivity contribution in [1.29, 1.82) is 0 Å². The van der Waals surface area contributed by atoms with Gasteiger partial charge in [-0.25, -0.2) is 4.79 Å². The minimum absolute atomic E-state index is 0.674. The van der Waals surface area contributed by atoms with Gasteiger partial charge in [0.25, 0.3) is 0 Å². The van der Waals surface area contributed by atoms with Gasteiger partial charge in [-0.3, -0.25) is 0 Å². The lowest BCUT2D eigenvalue weighted by Crippen LogP contribution is -2.19. The molecule has 2 rings (SSSR count). The van der Waals surface area contributed by atoms with Gasteiger partial charge in [0, 0.05) is 21.1 Å². The Labute approximate surface area is 137 Å². The van der Waals surface area contributed by atoms with Crippen molar-refractivity contribution >= 4 is 54.9 Å². The third-order valence-electron chi connectivity index (χ3n) is 2.58. The molecular weight excluding hydrogens is 410 g/mol. The topological polar surface area (TPSA) is 58.6 Å². The molecule has 0 aliphatic heterocycles. The van der Waals surface area contributed by atoms with Gasteiger partial charge in [0.2, 0.25) is 0 Å². The quantitative estimate of drug-likeness (QED) is 0.746. The summed E-state index contributed by atoms with van der Waals surface area (Å²) in [6.45, 7) is 0. The molecule has 0 radical (unpaired) electrons. The van der Waals surface area contributed by atoms with Gasteiger partial charge in [-0.2, -0.15) is 0 Å². The molecule has 106 valence electrons. The van der Waals surface area contributed by atoms with Gasteiger partial charge in [0.05, 0.1) is 10.9 Å². The number of hydrogen-bond donors (Lipinski definition) is 2. The second kappa shape index (κ2) is 6.60. The lowest BCUT2D eigenvalue weighted by molar-refractivity contribution is -0.138. The molecule has 1 unspecified atom stereocenters. The van der Waals surface area contributed by atoms with Gasteiger partial charge in [-0.05, 0) is 50.1 Å². The van der Waals surface area contributed by atoms with Gasteiger partial charge >= 0.3 is 5.97 Å². The van der Waals surface area contributed by atoms with E-state index in [0.29, 0.717) is 16.3 Å². The Bertz CT molecular complexity index is 610. The zero-order valence-corrected chi connectivity index (χ0v) is 14.4. The number of halogens is 2. The molecule has 0 bridgehead atoms. The molecule has 2 N–H and O–H groups in total. The Morgan fingerprint density at radius 3 is 2.70 bits per heavy atom. The van der Waals surface area contributed by atoms with Crippen molar-refractivity contribution < 1.29 is 14.6 Å². The molecule has 4 nitrogen and oxygen atoms in total. The molecule has 0 saturated carbocycles. The monoisotopic (exact) mass is 419 g/mol. The Morgan fingerprint density at radius 2 is 2.15 bits per heavy atom. The van der Waals surface area contributed by atoms with E-state index < -0.39 is 12.0 Å². The lowest BCUT2D eigenvalue weighted by atomic mass is 10.2. The lowest BCUT2D eigenvalue weighted by Gasteiger charge is -2.14. The first-order valence-corrected chi connectivity index (χ1v) is 7.99. The van der Waals surface area contributed by atoms with Gasteiger partial charge in [-0.1, -0.05) is 6.07 Å². The Hall–Kier alpha value is -1.05. The van der Waals surface area contributed by atoms with Crippen LogP contribution in [0.3, 0.4) is 0 Å². The number of methoxy groups -OCH3 is 1. The van der Waals surface area contributed by atoms with Crippen LogP contribution in [-0.2, 0) is 4.79 Å². The molecule has 0 amide bonds. The number of aliphatic carboxylic acids is 1. The highest BCUT2D eigenvalue weighted by atomic mass is 79.9. The molecule has 2 aromatic rings. The summed E-state index contributed by atoms with van der Waals surface area (Å²) in [6, 6.07) is 8.15. The normalized spacial score (nSPS) is 11.9. The first kappa shape index (κ1) is 15.3. The second-order valence-electron chi connectivity index (χ2n) is 3.92. The van der Waals surface area contributed by atoms with E-state index in [-0.39, 0.29) is 0 Å². The molecule has 7 heteroatoms. The highest BCUT2D eigenvalue weighted by molar-refractivity contribution is 9.13. The fourth-order valence-corrected chi connectivity index (χ4v) is 3.77. The molecule has 0 aliphatic carbocycles. The van der Waals surface area contributed by atoms with Crippen molar-refractivity contribution in [2.75, 3.05) is 12.4 Å². The fraction of sp³-hybridized carbons (Fsp3) is 0.154. The summed E-state index contributed by atoms with van der Waals surface area (Å²) in [7, 11) is 1.57. The van der Waals surface area contributed by atoms with Gasteiger partial charge in [0.1, 0.15) is 5.75 Å². The molecule has 0 spiro atoms. The molecule has 0 aliphatic rings. The average Bonchev–Trinajstić information content (AvgIpc) is 2.75. The summed E-state index contributed by atoms with van der Waals surface area (Å²) >= 11 is 8.11. The van der Waals surface area contributed by atoms with E-state index in [1.807, 2.05) is 0 Å². The Balaban J connectivity index is 2.27. The fourth-order valence-electron chi connectivity index (χ4n) is 1.64. The van der Waals surface area contributed by atoms with Gasteiger partial charge in [0.15, 0.2) is 6.04 Å². The van der Waals surface area contributed by atoms with Crippen molar-refractivity contribution in [3.63, 3.8) is 0 Å². The van der Waals surface area contributed by atoms with Crippen molar-refractivity contribution in [3.8, 4) is 5.75 Å². The molecule has 0 fully saturated rings. The van der Waals surface area contributed by atoms with Gasteiger partial charge in [-0.15, -0.1) is 11.3 Å². The second-order valence-corrected chi connectivity index (χ2v) is 7.17. The number of ether oxygens (including phenoxy) is 1. The number of rotatable bonds is 5. The largest absolute Gasteiger partial charge is 0.497 e. The summed E-state index contributed by atoms with van der Waals surface area (Å²) in [5, 5.41) is 12.4. The molecule has 20 heavy (non-hydrogen) atoms. The van der Waals surface area contributed by atoms with Crippen LogP contribution in [0.15, 0.2) is 38.6 Å². The van der Waals surface area contributed by atoms with E-state index >= 15 is 0 Å². The van der Waals surface area contributed by atoms with Crippen LogP contribution in [0.2, 0.25) is 0 Å². The van der Waals surface area contributed by atoms with Gasteiger partial charge < -0.3 is 15.2 Å². The molecule has 1 heterocycles. The smallest absolute Gasteiger partial charge is 0.331 e. The van der Waals surface area contributed by atoms with Crippen molar-refractivity contribution in [2.45, 2.75) is 6.04 Å². The zero-order valence-electron chi connectivity index (χ0n) is 10.4. The van der Waals surface area contributed by atoms with E-state index in [1.165, 1.54) is 11.3 Å². The number of hydrogen-bond acceptors (Lipinski definition) is 4. The van der Waals surface area contributed by atoms with Crippen LogP contribution < -0.4 is 10.1 Å². The average molecular weight is 421 g/mol. The number of nitrogens with one attached hydrogen (secondary N) is 1. The minimum Gasteiger partial charge on any atom is -0.497 e. The maximum atomic E-state index is 11.5. The zero-order chi connectivity index (χ0) is 14.7. The Kier molecular flexibility index (Phi) is 5.06. The number of thiophene rings is 1. The summed E-state index contributed by atoms with van der Waals surface area (Å²) in [5.41, 5.74) is 0.692. The van der Waals surface area contributed by atoms with Crippen molar-refractivity contribution in [3.05, 3.63) is 43.5 Å². The number of carbonyl (C=O) groups is 1.